The Morgan fingerprint density at radius 1 is 1.07 bits per heavy atom. The van der Waals surface area contributed by atoms with E-state index in [1.54, 1.807) is 12.4 Å². The van der Waals surface area contributed by atoms with Crippen molar-refractivity contribution in [2.75, 3.05) is 50.0 Å². The van der Waals surface area contributed by atoms with Gasteiger partial charge in [0.15, 0.2) is 5.65 Å². The Hall–Kier alpha value is -2.85. The summed E-state index contributed by atoms with van der Waals surface area (Å²) >= 11 is 0. The van der Waals surface area contributed by atoms with Crippen molar-refractivity contribution >= 4 is 22.9 Å². The average molecular weight is 381 g/mol. The summed E-state index contributed by atoms with van der Waals surface area (Å²) in [5, 5.41) is 12.1. The Bertz CT molecular complexity index is 959. The molecule has 4 N–H and O–H groups in total. The Morgan fingerprint density at radius 3 is 2.57 bits per heavy atom. The van der Waals surface area contributed by atoms with E-state index in [2.05, 4.69) is 30.4 Å². The third-order valence-electron chi connectivity index (χ3n) is 5.42. The molecule has 2 aliphatic rings. The number of rotatable bonds is 3. The SMILES string of the molecule is Nc1ncc(-c2nc(N3CCOCC3)nc3n[nH]c(C4CCNCC4)c23)cn1. The number of hydrogen-bond donors (Lipinski definition) is 3. The molecule has 0 unspecified atom stereocenters. The van der Waals surface area contributed by atoms with Crippen molar-refractivity contribution in [3.63, 3.8) is 0 Å². The summed E-state index contributed by atoms with van der Waals surface area (Å²) in [6.45, 7) is 4.85. The molecule has 5 rings (SSSR count). The third kappa shape index (κ3) is 3.14. The third-order valence-corrected chi connectivity index (χ3v) is 5.42. The number of H-pyrrole nitrogens is 1. The van der Waals surface area contributed by atoms with Crippen LogP contribution in [0.15, 0.2) is 12.4 Å². The molecule has 2 saturated heterocycles. The fraction of sp³-hybridized carbons (Fsp3) is 0.500. The molecule has 28 heavy (non-hydrogen) atoms. The van der Waals surface area contributed by atoms with Gasteiger partial charge in [0.1, 0.15) is 0 Å². The molecule has 0 atom stereocenters. The molecule has 0 aliphatic carbocycles. The highest BCUT2D eigenvalue weighted by atomic mass is 16.5. The van der Waals surface area contributed by atoms with Gasteiger partial charge in [-0.1, -0.05) is 0 Å². The molecule has 3 aromatic heterocycles. The number of aromatic amines is 1. The van der Waals surface area contributed by atoms with Crippen molar-refractivity contribution in [1.82, 2.24) is 35.5 Å². The molecular weight excluding hydrogens is 358 g/mol. The van der Waals surface area contributed by atoms with Crippen LogP contribution in [0.1, 0.15) is 24.5 Å². The number of ether oxygens (including phenoxy) is 1. The van der Waals surface area contributed by atoms with E-state index in [-0.39, 0.29) is 5.95 Å². The van der Waals surface area contributed by atoms with Gasteiger partial charge in [-0.05, 0) is 25.9 Å². The van der Waals surface area contributed by atoms with Crippen LogP contribution in [0.5, 0.6) is 0 Å². The van der Waals surface area contributed by atoms with Crippen LogP contribution in [0.25, 0.3) is 22.3 Å². The quantitative estimate of drug-likeness (QED) is 0.600. The second-order valence-corrected chi connectivity index (χ2v) is 7.16. The summed E-state index contributed by atoms with van der Waals surface area (Å²) < 4.78 is 5.46. The number of hydrogen-bond acceptors (Lipinski definition) is 9. The van der Waals surface area contributed by atoms with Crippen LogP contribution in [0.3, 0.4) is 0 Å². The molecular formula is C18H23N9O. The molecule has 0 spiro atoms. The maximum absolute atomic E-state index is 5.69. The van der Waals surface area contributed by atoms with E-state index < -0.39 is 0 Å². The first-order chi connectivity index (χ1) is 13.8. The highest BCUT2D eigenvalue weighted by Crippen LogP contribution is 2.35. The van der Waals surface area contributed by atoms with Gasteiger partial charge in [-0.25, -0.2) is 15.0 Å². The zero-order valence-corrected chi connectivity index (χ0v) is 15.6. The van der Waals surface area contributed by atoms with Gasteiger partial charge >= 0.3 is 0 Å². The fourth-order valence-corrected chi connectivity index (χ4v) is 3.92. The minimum Gasteiger partial charge on any atom is -0.378 e. The Balaban J connectivity index is 1.66. The van der Waals surface area contributed by atoms with E-state index in [1.807, 2.05) is 0 Å². The van der Waals surface area contributed by atoms with Crippen molar-refractivity contribution < 1.29 is 4.74 Å². The highest BCUT2D eigenvalue weighted by molar-refractivity contribution is 5.93. The first kappa shape index (κ1) is 17.3. The minimum atomic E-state index is 0.244. The Kier molecular flexibility index (Phi) is 4.49. The van der Waals surface area contributed by atoms with E-state index in [9.17, 15) is 0 Å². The number of nitrogen functional groups attached to an aromatic ring is 1. The predicted octanol–water partition coefficient (Wildman–Crippen LogP) is 0.696. The predicted molar refractivity (Wildman–Crippen MR) is 105 cm³/mol. The number of fused-ring (bicyclic) bond motifs is 1. The number of piperidine rings is 1. The smallest absolute Gasteiger partial charge is 0.228 e. The van der Waals surface area contributed by atoms with Gasteiger partial charge in [0.2, 0.25) is 11.9 Å². The van der Waals surface area contributed by atoms with Gasteiger partial charge in [0.05, 0.1) is 30.0 Å². The molecule has 5 heterocycles. The van der Waals surface area contributed by atoms with Gasteiger partial charge in [-0.2, -0.15) is 10.1 Å². The van der Waals surface area contributed by atoms with E-state index in [0.717, 1.165) is 61.4 Å². The summed E-state index contributed by atoms with van der Waals surface area (Å²) in [5.41, 5.74) is 9.07. The lowest BCUT2D eigenvalue weighted by atomic mass is 9.92. The van der Waals surface area contributed by atoms with Gasteiger partial charge in [-0.15, -0.1) is 0 Å². The standard InChI is InChI=1S/C18H23N9O/c19-17-21-9-12(10-22-17)14-13-15(11-1-3-20-4-2-11)25-26-16(13)24-18(23-14)27-5-7-28-8-6-27/h9-11,20H,1-8H2,(H2,19,21,22)(H,23,24,25,26). The lowest BCUT2D eigenvalue weighted by Crippen LogP contribution is -2.37. The van der Waals surface area contributed by atoms with Gasteiger partial charge in [0.25, 0.3) is 0 Å². The van der Waals surface area contributed by atoms with E-state index in [0.29, 0.717) is 30.7 Å². The maximum Gasteiger partial charge on any atom is 0.228 e. The van der Waals surface area contributed by atoms with Crippen molar-refractivity contribution in [2.24, 2.45) is 0 Å². The van der Waals surface area contributed by atoms with E-state index >= 15 is 0 Å². The Morgan fingerprint density at radius 2 is 1.82 bits per heavy atom. The first-order valence-corrected chi connectivity index (χ1v) is 9.67. The monoisotopic (exact) mass is 381 g/mol. The summed E-state index contributed by atoms with van der Waals surface area (Å²) in [6.07, 6.45) is 5.54. The highest BCUT2D eigenvalue weighted by Gasteiger charge is 2.25. The van der Waals surface area contributed by atoms with Crippen molar-refractivity contribution in [2.45, 2.75) is 18.8 Å². The zero-order valence-electron chi connectivity index (χ0n) is 15.6. The van der Waals surface area contributed by atoms with Crippen LogP contribution in [0.4, 0.5) is 11.9 Å². The van der Waals surface area contributed by atoms with E-state index in [1.165, 1.54) is 0 Å². The topological polar surface area (TPSA) is 131 Å². The largest absolute Gasteiger partial charge is 0.378 e. The van der Waals surface area contributed by atoms with Gasteiger partial charge in [0, 0.05) is 37.0 Å². The lowest BCUT2D eigenvalue weighted by Gasteiger charge is -2.27. The summed E-state index contributed by atoms with van der Waals surface area (Å²) in [7, 11) is 0. The molecule has 0 bridgehead atoms. The van der Waals surface area contributed by atoms with Crippen molar-refractivity contribution in [3.05, 3.63) is 18.1 Å². The summed E-state index contributed by atoms with van der Waals surface area (Å²) in [4.78, 5) is 20.1. The number of nitrogens with two attached hydrogens (primary N) is 1. The van der Waals surface area contributed by atoms with Crippen molar-refractivity contribution in [1.29, 1.82) is 0 Å². The summed E-state index contributed by atoms with van der Waals surface area (Å²) in [6, 6.07) is 0. The Labute approximate surface area is 161 Å². The molecule has 0 aromatic carbocycles. The molecule has 0 saturated carbocycles. The molecule has 0 radical (unpaired) electrons. The second kappa shape index (κ2) is 7.28. The summed E-state index contributed by atoms with van der Waals surface area (Å²) in [5.74, 6) is 1.30. The van der Waals surface area contributed by atoms with Gasteiger partial charge in [-0.3, -0.25) is 5.10 Å². The molecule has 3 aromatic rings. The maximum atomic E-state index is 5.69. The molecule has 2 fully saturated rings. The normalized spacial score (nSPS) is 18.6. The van der Waals surface area contributed by atoms with Crippen molar-refractivity contribution in [3.8, 4) is 11.3 Å². The van der Waals surface area contributed by atoms with Crippen LogP contribution in [-0.4, -0.2) is 69.5 Å². The molecule has 10 heteroatoms. The van der Waals surface area contributed by atoms with Gasteiger partial charge < -0.3 is 20.7 Å². The molecule has 146 valence electrons. The number of nitrogens with zero attached hydrogens (tertiary/aromatic N) is 6. The molecule has 0 amide bonds. The average Bonchev–Trinajstić information content (AvgIpc) is 3.19. The lowest BCUT2D eigenvalue weighted by molar-refractivity contribution is 0.122. The minimum absolute atomic E-state index is 0.244. The number of nitrogens with one attached hydrogen (secondary N) is 2. The number of anilines is 2. The second-order valence-electron chi connectivity index (χ2n) is 7.16. The van der Waals surface area contributed by atoms with E-state index in [4.69, 9.17) is 20.4 Å². The number of aromatic nitrogens is 6. The van der Waals surface area contributed by atoms with Crippen LogP contribution >= 0.6 is 0 Å². The van der Waals surface area contributed by atoms with Crippen LogP contribution < -0.4 is 16.0 Å². The van der Waals surface area contributed by atoms with Crippen LogP contribution in [-0.2, 0) is 4.74 Å². The van der Waals surface area contributed by atoms with Crippen LogP contribution in [0.2, 0.25) is 0 Å². The van der Waals surface area contributed by atoms with Crippen LogP contribution in [0, 0.1) is 0 Å². The zero-order chi connectivity index (χ0) is 18.9. The first-order valence-electron chi connectivity index (χ1n) is 9.67. The fourth-order valence-electron chi connectivity index (χ4n) is 3.92. The molecule has 10 nitrogen and oxygen atoms in total. The number of morpholine rings is 1. The molecule has 2 aliphatic heterocycles.